The van der Waals surface area contributed by atoms with Gasteiger partial charge >= 0.3 is 0 Å². The van der Waals surface area contributed by atoms with Crippen molar-refractivity contribution < 1.29 is 14.3 Å². The van der Waals surface area contributed by atoms with E-state index in [9.17, 15) is 9.59 Å². The number of rotatable bonds is 7. The number of hydrogen-bond donors (Lipinski definition) is 1. The quantitative estimate of drug-likeness (QED) is 0.473. The number of anilines is 2. The van der Waals surface area contributed by atoms with Crippen LogP contribution in [0.2, 0.25) is 0 Å². The van der Waals surface area contributed by atoms with Crippen molar-refractivity contribution in [3.8, 4) is 5.75 Å². The first-order valence-corrected chi connectivity index (χ1v) is 10.2. The minimum Gasteiger partial charge on any atom is -0.497 e. The minimum atomic E-state index is -0.844. The smallest absolute Gasteiger partial charge is 0.252 e. The molecule has 0 aliphatic carbocycles. The molecule has 1 N–H and O–H groups in total. The molecule has 1 unspecified atom stereocenters. The highest BCUT2D eigenvalue weighted by atomic mass is 79.9. The third-order valence-electron chi connectivity index (χ3n) is 4.93. The van der Waals surface area contributed by atoms with Crippen LogP contribution in [0.15, 0.2) is 71.2 Å². The number of nitrogens with one attached hydrogen (secondary N) is 1. The van der Waals surface area contributed by atoms with E-state index in [1.165, 1.54) is 4.90 Å². The van der Waals surface area contributed by atoms with Crippen LogP contribution in [-0.2, 0) is 9.59 Å². The summed E-state index contributed by atoms with van der Waals surface area (Å²) in [5, 5.41) is 3.02. The van der Waals surface area contributed by atoms with E-state index in [0.717, 1.165) is 21.3 Å². The number of nitrogens with zero attached hydrogens (tertiary/aromatic N) is 1. The molecule has 0 spiro atoms. The van der Waals surface area contributed by atoms with Crippen molar-refractivity contribution in [2.75, 3.05) is 17.3 Å². The molecule has 0 bridgehead atoms. The lowest BCUT2D eigenvalue weighted by molar-refractivity contribution is -0.119. The zero-order valence-corrected chi connectivity index (χ0v) is 18.6. The molecule has 0 heterocycles. The van der Waals surface area contributed by atoms with Gasteiger partial charge in [-0.1, -0.05) is 46.3 Å². The van der Waals surface area contributed by atoms with Gasteiger partial charge in [-0.15, -0.1) is 0 Å². The number of benzene rings is 3. The molecule has 0 radical (unpaired) electrons. The molecule has 3 rings (SSSR count). The predicted molar refractivity (Wildman–Crippen MR) is 123 cm³/mol. The summed E-state index contributed by atoms with van der Waals surface area (Å²) < 4.78 is 6.09. The van der Waals surface area contributed by atoms with Gasteiger partial charge in [-0.2, -0.15) is 0 Å². The Kier molecular flexibility index (Phi) is 6.90. The van der Waals surface area contributed by atoms with Crippen molar-refractivity contribution in [1.82, 2.24) is 0 Å². The van der Waals surface area contributed by atoms with E-state index in [4.69, 9.17) is 4.74 Å². The largest absolute Gasteiger partial charge is 0.497 e. The second kappa shape index (κ2) is 9.59. The summed E-state index contributed by atoms with van der Waals surface area (Å²) in [6.45, 7) is 3.89. The monoisotopic (exact) mass is 466 g/mol. The highest BCUT2D eigenvalue weighted by Gasteiger charge is 2.29. The van der Waals surface area contributed by atoms with Gasteiger partial charge < -0.3 is 10.1 Å². The van der Waals surface area contributed by atoms with Gasteiger partial charge in [-0.25, -0.2) is 0 Å². The molecule has 1 atom stereocenters. The van der Waals surface area contributed by atoms with E-state index in [1.807, 2.05) is 56.3 Å². The van der Waals surface area contributed by atoms with E-state index in [-0.39, 0.29) is 5.91 Å². The summed E-state index contributed by atoms with van der Waals surface area (Å²) in [6.07, 6.45) is 0.679. The van der Waals surface area contributed by atoms with Gasteiger partial charge in [-0.05, 0) is 66.9 Å². The van der Waals surface area contributed by atoms with Gasteiger partial charge in [0.05, 0.1) is 7.11 Å². The van der Waals surface area contributed by atoms with Gasteiger partial charge in [0.15, 0.2) is 0 Å². The molecule has 0 fully saturated rings. The summed E-state index contributed by atoms with van der Waals surface area (Å²) >= 11 is 3.42. The Hall–Kier alpha value is -3.12. The lowest BCUT2D eigenvalue weighted by Crippen LogP contribution is -2.37. The summed E-state index contributed by atoms with van der Waals surface area (Å²) in [5.74, 6) is 0.377. The first kappa shape index (κ1) is 21.6. The van der Waals surface area contributed by atoms with E-state index in [2.05, 4.69) is 21.2 Å². The molecule has 5 nitrogen and oxygen atoms in total. The van der Waals surface area contributed by atoms with Crippen molar-refractivity contribution in [2.24, 2.45) is 0 Å². The molecular weight excluding hydrogens is 444 g/mol. The molecular formula is C24H23BrN2O3. The fourth-order valence-electron chi connectivity index (χ4n) is 3.31. The highest BCUT2D eigenvalue weighted by molar-refractivity contribution is 9.10. The van der Waals surface area contributed by atoms with E-state index < -0.39 is 6.04 Å². The van der Waals surface area contributed by atoms with Crippen LogP contribution in [0.1, 0.15) is 22.7 Å². The van der Waals surface area contributed by atoms with Gasteiger partial charge in [-0.3, -0.25) is 14.5 Å². The minimum absolute atomic E-state index is 0.294. The summed E-state index contributed by atoms with van der Waals surface area (Å²) in [6, 6.07) is 19.4. The number of carbonyl (C=O) groups excluding carboxylic acids is 2. The van der Waals surface area contributed by atoms with Crippen LogP contribution < -0.4 is 15.0 Å². The number of halogens is 1. The number of para-hydroxylation sites is 1. The molecule has 3 aromatic rings. The number of amides is 2. The first-order valence-electron chi connectivity index (χ1n) is 9.45. The highest BCUT2D eigenvalue weighted by Crippen LogP contribution is 2.30. The number of methoxy groups -OCH3 is 1. The maximum Gasteiger partial charge on any atom is 0.252 e. The molecule has 6 heteroatoms. The topological polar surface area (TPSA) is 58.6 Å². The maximum atomic E-state index is 13.5. The molecule has 3 aromatic carbocycles. The van der Waals surface area contributed by atoms with E-state index >= 15 is 0 Å². The van der Waals surface area contributed by atoms with Crippen molar-refractivity contribution in [2.45, 2.75) is 19.9 Å². The summed E-state index contributed by atoms with van der Waals surface area (Å²) in [4.78, 5) is 27.0. The Morgan fingerprint density at radius 3 is 2.13 bits per heavy atom. The van der Waals surface area contributed by atoms with Crippen molar-refractivity contribution in [1.29, 1.82) is 0 Å². The summed E-state index contributed by atoms with van der Waals surface area (Å²) in [5.41, 5.74) is 3.96. The van der Waals surface area contributed by atoms with Crippen LogP contribution in [0, 0.1) is 13.8 Å². The Labute approximate surface area is 184 Å². The maximum absolute atomic E-state index is 13.5. The molecule has 30 heavy (non-hydrogen) atoms. The van der Waals surface area contributed by atoms with Gasteiger partial charge in [0, 0.05) is 15.8 Å². The van der Waals surface area contributed by atoms with E-state index in [0.29, 0.717) is 23.4 Å². The van der Waals surface area contributed by atoms with Crippen LogP contribution in [0.5, 0.6) is 5.75 Å². The second-order valence-electron chi connectivity index (χ2n) is 6.92. The van der Waals surface area contributed by atoms with Crippen LogP contribution in [0.25, 0.3) is 0 Å². The van der Waals surface area contributed by atoms with Gasteiger partial charge in [0.25, 0.3) is 5.91 Å². The SMILES string of the molecule is COc1ccc(N(C=O)C(C(=O)Nc2c(C)cccc2C)c2ccc(Br)cc2)cc1. The zero-order chi connectivity index (χ0) is 21.7. The molecule has 0 aliphatic rings. The third-order valence-corrected chi connectivity index (χ3v) is 5.45. The molecule has 0 saturated carbocycles. The van der Waals surface area contributed by atoms with E-state index in [1.54, 1.807) is 31.4 Å². The van der Waals surface area contributed by atoms with Crippen LogP contribution in [-0.4, -0.2) is 19.4 Å². The van der Waals surface area contributed by atoms with Gasteiger partial charge in [0.1, 0.15) is 11.8 Å². The normalized spacial score (nSPS) is 11.5. The number of carbonyl (C=O) groups is 2. The average molecular weight is 467 g/mol. The number of hydrogen-bond acceptors (Lipinski definition) is 3. The molecule has 0 saturated heterocycles. The average Bonchev–Trinajstić information content (AvgIpc) is 2.75. The number of ether oxygens (including phenoxy) is 1. The first-order chi connectivity index (χ1) is 14.4. The molecule has 0 aliphatic heterocycles. The standard InChI is InChI=1S/C24H23BrN2O3/c1-16-5-4-6-17(2)22(16)26-24(29)23(18-7-9-19(25)10-8-18)27(15-28)20-11-13-21(30-3)14-12-20/h4-15,23H,1-3H3,(H,26,29). The Morgan fingerprint density at radius 2 is 1.60 bits per heavy atom. The molecule has 2 amide bonds. The zero-order valence-electron chi connectivity index (χ0n) is 17.1. The third kappa shape index (κ3) is 4.71. The predicted octanol–water partition coefficient (Wildman–Crippen LogP) is 5.42. The van der Waals surface area contributed by atoms with Crippen molar-refractivity contribution >= 4 is 39.6 Å². The lowest BCUT2D eigenvalue weighted by atomic mass is 10.0. The molecule has 154 valence electrons. The number of aryl methyl sites for hydroxylation is 2. The van der Waals surface area contributed by atoms with Crippen LogP contribution in [0.3, 0.4) is 0 Å². The second-order valence-corrected chi connectivity index (χ2v) is 7.84. The summed E-state index contributed by atoms with van der Waals surface area (Å²) in [7, 11) is 1.58. The Balaban J connectivity index is 2.03. The van der Waals surface area contributed by atoms with Gasteiger partial charge in [0.2, 0.25) is 6.41 Å². The molecule has 0 aromatic heterocycles. The lowest BCUT2D eigenvalue weighted by Gasteiger charge is -2.28. The van der Waals surface area contributed by atoms with Crippen molar-refractivity contribution in [3.05, 3.63) is 87.9 Å². The van der Waals surface area contributed by atoms with Crippen molar-refractivity contribution in [3.63, 3.8) is 0 Å². The fourth-order valence-corrected chi connectivity index (χ4v) is 3.58. The fraction of sp³-hybridized carbons (Fsp3) is 0.167. The van der Waals surface area contributed by atoms with Crippen LogP contribution >= 0.6 is 15.9 Å². The Morgan fingerprint density at radius 1 is 1.00 bits per heavy atom. The Bertz CT molecular complexity index is 1010. The van der Waals surface area contributed by atoms with Crippen LogP contribution in [0.4, 0.5) is 11.4 Å².